The molecule has 0 saturated carbocycles. The smallest absolute Gasteiger partial charge is 0.159 e. The van der Waals surface area contributed by atoms with E-state index in [0.717, 1.165) is 11.4 Å². The van der Waals surface area contributed by atoms with Crippen LogP contribution in [-0.2, 0) is 0 Å². The number of benzene rings is 2. The van der Waals surface area contributed by atoms with Crippen molar-refractivity contribution in [1.29, 1.82) is 0 Å². The highest BCUT2D eigenvalue weighted by molar-refractivity contribution is 6.33. The topological polar surface area (TPSA) is 20.3 Å². The standard InChI is InChI=1S/C16H16ClNO/c1-11-5-4-6-14(9-11)18(3)16-8-7-13(12(2)19)10-15(16)17/h4-10H,1-3H3. The molecular weight excluding hydrogens is 258 g/mol. The number of aryl methyl sites for hydroxylation is 1. The first kappa shape index (κ1) is 13.6. The lowest BCUT2D eigenvalue weighted by Crippen LogP contribution is -2.10. The molecule has 0 saturated heterocycles. The Morgan fingerprint density at radius 1 is 1.16 bits per heavy atom. The maximum atomic E-state index is 11.3. The summed E-state index contributed by atoms with van der Waals surface area (Å²) in [5.41, 5.74) is 3.78. The Morgan fingerprint density at radius 2 is 1.89 bits per heavy atom. The minimum Gasteiger partial charge on any atom is -0.343 e. The third kappa shape index (κ3) is 2.96. The van der Waals surface area contributed by atoms with E-state index in [9.17, 15) is 4.79 Å². The van der Waals surface area contributed by atoms with Crippen LogP contribution in [0.2, 0.25) is 5.02 Å². The minimum atomic E-state index is 0.0201. The Morgan fingerprint density at radius 3 is 2.47 bits per heavy atom. The Hall–Kier alpha value is -1.80. The molecule has 0 aliphatic carbocycles. The van der Waals surface area contributed by atoms with E-state index in [2.05, 4.69) is 19.1 Å². The molecule has 19 heavy (non-hydrogen) atoms. The van der Waals surface area contributed by atoms with E-state index < -0.39 is 0 Å². The lowest BCUT2D eigenvalue weighted by molar-refractivity contribution is 0.101. The quantitative estimate of drug-likeness (QED) is 0.761. The van der Waals surface area contributed by atoms with Gasteiger partial charge in [0.15, 0.2) is 5.78 Å². The molecule has 0 radical (unpaired) electrons. The predicted octanol–water partition coefficient (Wildman–Crippen LogP) is 4.62. The Bertz CT molecular complexity index is 622. The van der Waals surface area contributed by atoms with Gasteiger partial charge < -0.3 is 4.90 Å². The molecule has 2 nitrogen and oxygen atoms in total. The van der Waals surface area contributed by atoms with Gasteiger partial charge in [0, 0.05) is 18.3 Å². The van der Waals surface area contributed by atoms with Gasteiger partial charge in [0.25, 0.3) is 0 Å². The highest BCUT2D eigenvalue weighted by Gasteiger charge is 2.10. The van der Waals surface area contributed by atoms with Crippen LogP contribution < -0.4 is 4.90 Å². The molecule has 2 aromatic carbocycles. The van der Waals surface area contributed by atoms with Crippen LogP contribution in [0.4, 0.5) is 11.4 Å². The van der Waals surface area contributed by atoms with Crippen LogP contribution in [0, 0.1) is 6.92 Å². The van der Waals surface area contributed by atoms with Crippen LogP contribution in [0.15, 0.2) is 42.5 Å². The van der Waals surface area contributed by atoms with Gasteiger partial charge in [-0.25, -0.2) is 0 Å². The maximum Gasteiger partial charge on any atom is 0.159 e. The zero-order valence-corrected chi connectivity index (χ0v) is 12.0. The van der Waals surface area contributed by atoms with Gasteiger partial charge in [-0.15, -0.1) is 0 Å². The van der Waals surface area contributed by atoms with Crippen LogP contribution in [0.3, 0.4) is 0 Å². The Balaban J connectivity index is 2.39. The third-order valence-electron chi connectivity index (χ3n) is 3.10. The SMILES string of the molecule is CC(=O)c1ccc(N(C)c2cccc(C)c2)c(Cl)c1. The van der Waals surface area contributed by atoms with Gasteiger partial charge in [-0.3, -0.25) is 4.79 Å². The van der Waals surface area contributed by atoms with Crippen molar-refractivity contribution in [3.63, 3.8) is 0 Å². The van der Waals surface area contributed by atoms with Gasteiger partial charge in [-0.2, -0.15) is 0 Å². The lowest BCUT2D eigenvalue weighted by atomic mass is 10.1. The molecule has 0 unspecified atom stereocenters. The summed E-state index contributed by atoms with van der Waals surface area (Å²) in [6.07, 6.45) is 0. The predicted molar refractivity (Wildman–Crippen MR) is 80.7 cm³/mol. The van der Waals surface area contributed by atoms with Crippen LogP contribution >= 0.6 is 11.6 Å². The summed E-state index contributed by atoms with van der Waals surface area (Å²) < 4.78 is 0. The monoisotopic (exact) mass is 273 g/mol. The summed E-state index contributed by atoms with van der Waals surface area (Å²) in [5.74, 6) is 0.0201. The van der Waals surface area contributed by atoms with Crippen LogP contribution in [0.1, 0.15) is 22.8 Å². The van der Waals surface area contributed by atoms with Crippen molar-refractivity contribution in [2.75, 3.05) is 11.9 Å². The number of halogens is 1. The lowest BCUT2D eigenvalue weighted by Gasteiger charge is -2.21. The van der Waals surface area contributed by atoms with E-state index in [1.165, 1.54) is 12.5 Å². The van der Waals surface area contributed by atoms with Crippen molar-refractivity contribution < 1.29 is 4.79 Å². The minimum absolute atomic E-state index is 0.0201. The van der Waals surface area contributed by atoms with E-state index in [1.807, 2.05) is 30.1 Å². The molecule has 0 bridgehead atoms. The summed E-state index contributed by atoms with van der Waals surface area (Å²) in [5, 5.41) is 0.580. The summed E-state index contributed by atoms with van der Waals surface area (Å²) >= 11 is 6.26. The first-order valence-corrected chi connectivity index (χ1v) is 6.47. The molecule has 2 rings (SSSR count). The molecule has 0 spiro atoms. The number of anilines is 2. The number of nitrogens with zero attached hydrogens (tertiary/aromatic N) is 1. The number of ketones is 1. The number of carbonyl (C=O) groups is 1. The summed E-state index contributed by atoms with van der Waals surface area (Å²) in [4.78, 5) is 13.3. The molecule has 0 amide bonds. The highest BCUT2D eigenvalue weighted by atomic mass is 35.5. The average Bonchev–Trinajstić information content (AvgIpc) is 2.37. The number of hydrogen-bond donors (Lipinski definition) is 0. The molecule has 0 aliphatic heterocycles. The highest BCUT2D eigenvalue weighted by Crippen LogP contribution is 2.31. The normalized spacial score (nSPS) is 10.3. The summed E-state index contributed by atoms with van der Waals surface area (Å²) in [6.45, 7) is 3.59. The molecule has 0 aliphatic rings. The van der Waals surface area contributed by atoms with Crippen molar-refractivity contribution >= 4 is 28.8 Å². The Labute approximate surface area is 118 Å². The Kier molecular flexibility index (Phi) is 3.91. The fraction of sp³-hybridized carbons (Fsp3) is 0.188. The van der Waals surface area contributed by atoms with E-state index in [4.69, 9.17) is 11.6 Å². The molecule has 0 fully saturated rings. The zero-order valence-electron chi connectivity index (χ0n) is 11.3. The van der Waals surface area contributed by atoms with Crippen LogP contribution in [0.25, 0.3) is 0 Å². The van der Waals surface area contributed by atoms with Crippen molar-refractivity contribution in [2.45, 2.75) is 13.8 Å². The van der Waals surface area contributed by atoms with Crippen LogP contribution in [0.5, 0.6) is 0 Å². The summed E-state index contributed by atoms with van der Waals surface area (Å²) in [6, 6.07) is 13.6. The molecule has 0 heterocycles. The van der Waals surface area contributed by atoms with Gasteiger partial charge in [-0.1, -0.05) is 23.7 Å². The molecule has 0 N–H and O–H groups in total. The van der Waals surface area contributed by atoms with Gasteiger partial charge in [0.2, 0.25) is 0 Å². The number of rotatable bonds is 3. The van der Waals surface area contributed by atoms with E-state index in [1.54, 1.807) is 12.1 Å². The van der Waals surface area contributed by atoms with Crippen molar-refractivity contribution in [1.82, 2.24) is 0 Å². The second kappa shape index (κ2) is 5.45. The maximum absolute atomic E-state index is 11.3. The van der Waals surface area contributed by atoms with Gasteiger partial charge in [-0.05, 0) is 49.7 Å². The summed E-state index contributed by atoms with van der Waals surface area (Å²) in [7, 11) is 1.96. The first-order chi connectivity index (χ1) is 8.99. The average molecular weight is 274 g/mol. The molecule has 3 heteroatoms. The first-order valence-electron chi connectivity index (χ1n) is 6.10. The fourth-order valence-corrected chi connectivity index (χ4v) is 2.28. The van der Waals surface area contributed by atoms with E-state index >= 15 is 0 Å². The third-order valence-corrected chi connectivity index (χ3v) is 3.41. The van der Waals surface area contributed by atoms with Crippen molar-refractivity contribution in [2.24, 2.45) is 0 Å². The van der Waals surface area contributed by atoms with Crippen molar-refractivity contribution in [3.8, 4) is 0 Å². The molecule has 98 valence electrons. The van der Waals surface area contributed by atoms with Gasteiger partial charge in [0.1, 0.15) is 0 Å². The molecule has 2 aromatic rings. The second-order valence-corrected chi connectivity index (χ2v) is 5.03. The zero-order chi connectivity index (χ0) is 14.0. The fourth-order valence-electron chi connectivity index (χ4n) is 1.97. The van der Waals surface area contributed by atoms with E-state index in [0.29, 0.717) is 10.6 Å². The van der Waals surface area contributed by atoms with Crippen LogP contribution in [-0.4, -0.2) is 12.8 Å². The van der Waals surface area contributed by atoms with Crippen molar-refractivity contribution in [3.05, 3.63) is 58.6 Å². The number of hydrogen-bond acceptors (Lipinski definition) is 2. The number of Topliss-reactive ketones (excluding diaryl/α,β-unsaturated/α-hetero) is 1. The largest absolute Gasteiger partial charge is 0.343 e. The van der Waals surface area contributed by atoms with Gasteiger partial charge in [0.05, 0.1) is 10.7 Å². The van der Waals surface area contributed by atoms with E-state index in [-0.39, 0.29) is 5.78 Å². The number of carbonyl (C=O) groups excluding carboxylic acids is 1. The second-order valence-electron chi connectivity index (χ2n) is 4.62. The molecule has 0 aromatic heterocycles. The molecular formula is C16H16ClNO. The molecule has 0 atom stereocenters. The van der Waals surface area contributed by atoms with Gasteiger partial charge >= 0.3 is 0 Å².